The fourth-order valence-electron chi connectivity index (χ4n) is 1.13. The Balaban J connectivity index is 3.57. The molecule has 0 rings (SSSR count). The average Bonchev–Trinajstić information content (AvgIpc) is 2.30. The molecule has 0 aromatic heterocycles. The number of rotatable bonds is 8. The molecule has 2 amide bonds. The van der Waals surface area contributed by atoms with Crippen molar-refractivity contribution in [2.45, 2.75) is 32.4 Å². The van der Waals surface area contributed by atoms with E-state index in [1.54, 1.807) is 0 Å². The second kappa shape index (κ2) is 8.71. The van der Waals surface area contributed by atoms with Crippen LogP contribution in [0.25, 0.3) is 0 Å². The van der Waals surface area contributed by atoms with Crippen LogP contribution in [0.5, 0.6) is 0 Å². The molecule has 0 saturated heterocycles. The summed E-state index contributed by atoms with van der Waals surface area (Å²) in [6, 6.07) is -0.00737. The number of aliphatic carboxylic acids is 1. The van der Waals surface area contributed by atoms with Gasteiger partial charge in [0.2, 0.25) is 0 Å². The summed E-state index contributed by atoms with van der Waals surface area (Å²) in [5.41, 5.74) is 0. The van der Waals surface area contributed by atoms with Crippen molar-refractivity contribution in [3.8, 4) is 0 Å². The predicted molar refractivity (Wildman–Crippen MR) is 67.4 cm³/mol. The first-order valence-corrected chi connectivity index (χ1v) is 5.97. The number of carbonyl (C=O) groups excluding carboxylic acids is 1. The third-order valence-electron chi connectivity index (χ3n) is 2.60. The Morgan fingerprint density at radius 2 is 1.89 bits per heavy atom. The van der Waals surface area contributed by atoms with Crippen molar-refractivity contribution in [3.63, 3.8) is 0 Å². The Kier molecular flexibility index (Phi) is 8.06. The number of hydrogen-bond donors (Lipinski definition) is 4. The molecule has 0 bridgehead atoms. The monoisotopic (exact) mass is 261 g/mol. The molecule has 7 heteroatoms. The molecule has 0 aliphatic carbocycles. The van der Waals surface area contributed by atoms with Gasteiger partial charge in [0.15, 0.2) is 6.10 Å². The van der Waals surface area contributed by atoms with Gasteiger partial charge in [-0.05, 0) is 33.9 Å². The first-order chi connectivity index (χ1) is 8.34. The van der Waals surface area contributed by atoms with E-state index in [9.17, 15) is 9.59 Å². The van der Waals surface area contributed by atoms with E-state index in [0.717, 1.165) is 13.0 Å². The molecule has 7 nitrogen and oxygen atoms in total. The summed E-state index contributed by atoms with van der Waals surface area (Å²) in [6.45, 7) is 5.26. The lowest BCUT2D eigenvalue weighted by Gasteiger charge is -2.20. The van der Waals surface area contributed by atoms with Gasteiger partial charge in [0.25, 0.3) is 0 Å². The standard InChI is InChI=1S/C11H23N3O4/c1-8(2)14(3)6-4-5-12-11(18)13-7-9(15)10(16)17/h8-9,15H,4-7H2,1-3H3,(H,16,17)(H2,12,13,18). The molecule has 106 valence electrons. The number of urea groups is 1. The molecule has 0 aliphatic rings. The largest absolute Gasteiger partial charge is 0.479 e. The van der Waals surface area contributed by atoms with Gasteiger partial charge in [0.1, 0.15) is 0 Å². The molecule has 0 saturated carbocycles. The van der Waals surface area contributed by atoms with E-state index in [0.29, 0.717) is 12.6 Å². The van der Waals surface area contributed by atoms with Gasteiger partial charge in [-0.3, -0.25) is 0 Å². The Morgan fingerprint density at radius 1 is 1.28 bits per heavy atom. The van der Waals surface area contributed by atoms with Crippen molar-refractivity contribution in [3.05, 3.63) is 0 Å². The number of carboxylic acid groups (broad SMARTS) is 1. The maximum atomic E-state index is 11.2. The van der Waals surface area contributed by atoms with Gasteiger partial charge in [0, 0.05) is 12.6 Å². The number of aliphatic hydroxyl groups excluding tert-OH is 1. The summed E-state index contributed by atoms with van der Waals surface area (Å²) >= 11 is 0. The maximum Gasteiger partial charge on any atom is 0.334 e. The molecule has 0 radical (unpaired) electrons. The molecule has 0 aromatic carbocycles. The van der Waals surface area contributed by atoms with Crippen LogP contribution in [0.1, 0.15) is 20.3 Å². The molecule has 0 fully saturated rings. The molecule has 0 aliphatic heterocycles. The molecule has 0 aromatic rings. The van der Waals surface area contributed by atoms with E-state index in [-0.39, 0.29) is 6.54 Å². The van der Waals surface area contributed by atoms with Gasteiger partial charge in [-0.25, -0.2) is 9.59 Å². The van der Waals surface area contributed by atoms with Crippen molar-refractivity contribution < 1.29 is 19.8 Å². The fraction of sp³-hybridized carbons (Fsp3) is 0.818. The maximum absolute atomic E-state index is 11.2. The first kappa shape index (κ1) is 16.7. The zero-order chi connectivity index (χ0) is 14.1. The summed E-state index contributed by atoms with van der Waals surface area (Å²) in [7, 11) is 2.01. The molecule has 0 heterocycles. The van der Waals surface area contributed by atoms with Crippen molar-refractivity contribution in [2.75, 3.05) is 26.7 Å². The molecular weight excluding hydrogens is 238 g/mol. The van der Waals surface area contributed by atoms with E-state index in [4.69, 9.17) is 10.2 Å². The summed E-state index contributed by atoms with van der Waals surface area (Å²) in [5, 5.41) is 22.2. The molecule has 1 atom stereocenters. The average molecular weight is 261 g/mol. The van der Waals surface area contributed by atoms with E-state index in [1.165, 1.54) is 0 Å². The quantitative estimate of drug-likeness (QED) is 0.440. The van der Waals surface area contributed by atoms with Gasteiger partial charge in [0.05, 0.1) is 6.54 Å². The number of nitrogens with one attached hydrogen (secondary N) is 2. The third-order valence-corrected chi connectivity index (χ3v) is 2.60. The number of nitrogens with zero attached hydrogens (tertiary/aromatic N) is 1. The fourth-order valence-corrected chi connectivity index (χ4v) is 1.13. The lowest BCUT2D eigenvalue weighted by atomic mass is 10.3. The van der Waals surface area contributed by atoms with Crippen LogP contribution in [0.3, 0.4) is 0 Å². The third kappa shape index (κ3) is 7.86. The summed E-state index contributed by atoms with van der Waals surface area (Å²) in [4.78, 5) is 23.7. The summed E-state index contributed by atoms with van der Waals surface area (Å²) < 4.78 is 0. The van der Waals surface area contributed by atoms with E-state index in [2.05, 4.69) is 29.4 Å². The highest BCUT2D eigenvalue weighted by atomic mass is 16.4. The molecule has 4 N–H and O–H groups in total. The van der Waals surface area contributed by atoms with Gasteiger partial charge in [-0.2, -0.15) is 0 Å². The van der Waals surface area contributed by atoms with Crippen LogP contribution in [-0.2, 0) is 4.79 Å². The number of carboxylic acids is 1. The first-order valence-electron chi connectivity index (χ1n) is 5.97. The summed E-state index contributed by atoms with van der Waals surface area (Å²) in [5.74, 6) is -1.35. The molecular formula is C11H23N3O4. The lowest BCUT2D eigenvalue weighted by Crippen LogP contribution is -2.42. The number of aliphatic hydroxyl groups is 1. The van der Waals surface area contributed by atoms with Crippen LogP contribution in [-0.4, -0.2) is 65.9 Å². The number of carbonyl (C=O) groups is 2. The normalized spacial score (nSPS) is 12.6. The van der Waals surface area contributed by atoms with Crippen LogP contribution in [0.2, 0.25) is 0 Å². The topological polar surface area (TPSA) is 102 Å². The minimum Gasteiger partial charge on any atom is -0.479 e. The number of amides is 2. The van der Waals surface area contributed by atoms with Crippen molar-refractivity contribution in [1.82, 2.24) is 15.5 Å². The minimum absolute atomic E-state index is 0.299. The zero-order valence-corrected chi connectivity index (χ0v) is 11.1. The van der Waals surface area contributed by atoms with E-state index in [1.807, 2.05) is 7.05 Å². The van der Waals surface area contributed by atoms with Gasteiger partial charge in [-0.1, -0.05) is 0 Å². The van der Waals surface area contributed by atoms with Gasteiger partial charge >= 0.3 is 12.0 Å². The smallest absolute Gasteiger partial charge is 0.334 e. The highest BCUT2D eigenvalue weighted by molar-refractivity contribution is 5.76. The number of hydrogen-bond acceptors (Lipinski definition) is 4. The van der Waals surface area contributed by atoms with Crippen LogP contribution < -0.4 is 10.6 Å². The van der Waals surface area contributed by atoms with Gasteiger partial charge < -0.3 is 25.7 Å². The Hall–Kier alpha value is -1.34. The van der Waals surface area contributed by atoms with Crippen LogP contribution in [0, 0.1) is 0 Å². The van der Waals surface area contributed by atoms with Crippen LogP contribution in [0.15, 0.2) is 0 Å². The van der Waals surface area contributed by atoms with E-state index < -0.39 is 18.1 Å². The zero-order valence-electron chi connectivity index (χ0n) is 11.1. The van der Waals surface area contributed by atoms with Crippen molar-refractivity contribution in [2.24, 2.45) is 0 Å². The predicted octanol–water partition coefficient (Wildman–Crippen LogP) is -0.539. The molecule has 0 spiro atoms. The SMILES string of the molecule is CC(C)N(C)CCCNC(=O)NCC(O)C(=O)O. The molecule has 18 heavy (non-hydrogen) atoms. The molecule has 1 unspecified atom stereocenters. The Labute approximate surface area is 107 Å². The second-order valence-corrected chi connectivity index (χ2v) is 4.42. The summed E-state index contributed by atoms with van der Waals surface area (Å²) in [6.07, 6.45) is -0.758. The van der Waals surface area contributed by atoms with Crippen molar-refractivity contribution in [1.29, 1.82) is 0 Å². The second-order valence-electron chi connectivity index (χ2n) is 4.42. The minimum atomic E-state index is -1.57. The Morgan fingerprint density at radius 3 is 2.39 bits per heavy atom. The van der Waals surface area contributed by atoms with Crippen molar-refractivity contribution >= 4 is 12.0 Å². The lowest BCUT2D eigenvalue weighted by molar-refractivity contribution is -0.146. The van der Waals surface area contributed by atoms with E-state index >= 15 is 0 Å². The van der Waals surface area contributed by atoms with Crippen LogP contribution >= 0.6 is 0 Å². The van der Waals surface area contributed by atoms with Gasteiger partial charge in [-0.15, -0.1) is 0 Å². The van der Waals surface area contributed by atoms with Crippen LogP contribution in [0.4, 0.5) is 4.79 Å². The highest BCUT2D eigenvalue weighted by Crippen LogP contribution is 1.93. The highest BCUT2D eigenvalue weighted by Gasteiger charge is 2.13. The Bertz CT molecular complexity index is 271.